The standard InChI is InChI=1S/C13H12F2N2O4/c14-8-2-4-10(17(20)21)12(11(8)15)16-6-1-3-9(16)7(5-6)13(18)19/h2,4,6-7,9H,1,3,5H2,(H,18,19). The number of carboxylic acid groups (broad SMARTS) is 1. The quantitative estimate of drug-likeness (QED) is 0.684. The second-order valence-electron chi connectivity index (χ2n) is 5.37. The van der Waals surface area contributed by atoms with Crippen LogP contribution in [0.15, 0.2) is 12.1 Å². The second-order valence-corrected chi connectivity index (χ2v) is 5.37. The number of benzene rings is 1. The smallest absolute Gasteiger partial charge is 0.308 e. The summed E-state index contributed by atoms with van der Waals surface area (Å²) in [4.78, 5) is 22.9. The van der Waals surface area contributed by atoms with Gasteiger partial charge in [-0.3, -0.25) is 14.9 Å². The van der Waals surface area contributed by atoms with Gasteiger partial charge in [-0.1, -0.05) is 0 Å². The number of carboxylic acids is 1. The van der Waals surface area contributed by atoms with Crippen LogP contribution in [0.5, 0.6) is 0 Å². The Bertz CT molecular complexity index is 637. The van der Waals surface area contributed by atoms with Crippen LogP contribution in [-0.2, 0) is 4.79 Å². The Morgan fingerprint density at radius 2 is 2.10 bits per heavy atom. The van der Waals surface area contributed by atoms with E-state index in [2.05, 4.69) is 0 Å². The summed E-state index contributed by atoms with van der Waals surface area (Å²) in [6.07, 6.45) is 1.43. The maximum atomic E-state index is 14.1. The number of nitro groups is 1. The molecule has 0 spiro atoms. The van der Waals surface area contributed by atoms with Crippen molar-refractivity contribution in [3.05, 3.63) is 33.9 Å². The summed E-state index contributed by atoms with van der Waals surface area (Å²) in [5.74, 6) is -4.17. The molecule has 0 radical (unpaired) electrons. The first kappa shape index (κ1) is 13.7. The van der Waals surface area contributed by atoms with Crippen molar-refractivity contribution in [3.63, 3.8) is 0 Å². The van der Waals surface area contributed by atoms with E-state index in [4.69, 9.17) is 0 Å². The molecule has 2 heterocycles. The van der Waals surface area contributed by atoms with E-state index in [1.54, 1.807) is 0 Å². The Labute approximate surface area is 118 Å². The molecule has 3 unspecified atom stereocenters. The number of nitrogens with zero attached hydrogens (tertiary/aromatic N) is 2. The van der Waals surface area contributed by atoms with Gasteiger partial charge in [0.1, 0.15) is 0 Å². The van der Waals surface area contributed by atoms with Gasteiger partial charge < -0.3 is 10.0 Å². The number of halogens is 2. The molecule has 2 bridgehead atoms. The van der Waals surface area contributed by atoms with Crippen molar-refractivity contribution in [2.45, 2.75) is 31.3 Å². The van der Waals surface area contributed by atoms with Gasteiger partial charge in [0.15, 0.2) is 17.3 Å². The van der Waals surface area contributed by atoms with E-state index in [1.165, 1.54) is 4.90 Å². The Kier molecular flexibility index (Phi) is 3.03. The molecule has 2 aliphatic heterocycles. The number of hydrogen-bond acceptors (Lipinski definition) is 4. The van der Waals surface area contributed by atoms with Gasteiger partial charge in [0, 0.05) is 18.2 Å². The molecule has 8 heteroatoms. The number of fused-ring (bicyclic) bond motifs is 2. The highest BCUT2D eigenvalue weighted by molar-refractivity contribution is 5.76. The van der Waals surface area contributed by atoms with Gasteiger partial charge in [-0.25, -0.2) is 8.78 Å². The molecule has 0 amide bonds. The molecule has 21 heavy (non-hydrogen) atoms. The van der Waals surface area contributed by atoms with E-state index in [1.807, 2.05) is 0 Å². The van der Waals surface area contributed by atoms with E-state index in [-0.39, 0.29) is 6.04 Å². The van der Waals surface area contributed by atoms with Gasteiger partial charge in [-0.15, -0.1) is 0 Å². The molecule has 1 aromatic rings. The Balaban J connectivity index is 2.11. The molecule has 1 N–H and O–H groups in total. The molecule has 2 aliphatic rings. The largest absolute Gasteiger partial charge is 0.481 e. The lowest BCUT2D eigenvalue weighted by Crippen LogP contribution is -2.34. The minimum absolute atomic E-state index is 0.299. The van der Waals surface area contributed by atoms with E-state index in [9.17, 15) is 28.8 Å². The molecule has 2 fully saturated rings. The Morgan fingerprint density at radius 1 is 1.38 bits per heavy atom. The summed E-state index contributed by atoms with van der Waals surface area (Å²) in [5.41, 5.74) is -0.951. The van der Waals surface area contributed by atoms with Crippen LogP contribution in [0.3, 0.4) is 0 Å². The minimum Gasteiger partial charge on any atom is -0.481 e. The third-order valence-corrected chi connectivity index (χ3v) is 4.36. The van der Waals surface area contributed by atoms with Gasteiger partial charge >= 0.3 is 5.97 Å². The SMILES string of the molecule is O=C(O)C1CC2CCC1N2c1c([N+](=O)[O-])ccc(F)c1F. The lowest BCUT2D eigenvalue weighted by Gasteiger charge is -2.25. The average molecular weight is 298 g/mol. The van der Waals surface area contributed by atoms with Gasteiger partial charge in [0.05, 0.1) is 10.8 Å². The van der Waals surface area contributed by atoms with Crippen LogP contribution in [0, 0.1) is 27.7 Å². The molecule has 3 atom stereocenters. The number of carbonyl (C=O) groups is 1. The number of aliphatic carboxylic acids is 1. The predicted octanol–water partition coefficient (Wildman–Crippen LogP) is 2.31. The predicted molar refractivity (Wildman–Crippen MR) is 68.0 cm³/mol. The van der Waals surface area contributed by atoms with E-state index >= 15 is 0 Å². The van der Waals surface area contributed by atoms with Crippen molar-refractivity contribution in [2.75, 3.05) is 4.90 Å². The molecule has 6 nitrogen and oxygen atoms in total. The first-order valence-electron chi connectivity index (χ1n) is 6.55. The molecule has 1 aromatic carbocycles. The van der Waals surface area contributed by atoms with Gasteiger partial charge in [-0.05, 0) is 25.3 Å². The summed E-state index contributed by atoms with van der Waals surface area (Å²) in [7, 11) is 0. The van der Waals surface area contributed by atoms with Crippen molar-refractivity contribution in [1.82, 2.24) is 0 Å². The van der Waals surface area contributed by atoms with Crippen molar-refractivity contribution < 1.29 is 23.6 Å². The van der Waals surface area contributed by atoms with Crippen LogP contribution in [-0.4, -0.2) is 28.1 Å². The number of anilines is 1. The van der Waals surface area contributed by atoms with E-state index in [0.717, 1.165) is 6.07 Å². The van der Waals surface area contributed by atoms with Crippen molar-refractivity contribution in [1.29, 1.82) is 0 Å². The Morgan fingerprint density at radius 3 is 2.67 bits per heavy atom. The molecule has 0 aliphatic carbocycles. The van der Waals surface area contributed by atoms with Crippen LogP contribution in [0.4, 0.5) is 20.2 Å². The highest BCUT2D eigenvalue weighted by atomic mass is 19.2. The fourth-order valence-electron chi connectivity index (χ4n) is 3.53. The van der Waals surface area contributed by atoms with Gasteiger partial charge in [0.25, 0.3) is 5.69 Å². The third-order valence-electron chi connectivity index (χ3n) is 4.36. The molecular weight excluding hydrogens is 286 g/mol. The zero-order chi connectivity index (χ0) is 15.3. The highest BCUT2D eigenvalue weighted by Gasteiger charge is 2.51. The molecule has 0 aromatic heterocycles. The molecule has 0 saturated carbocycles. The molecule has 2 saturated heterocycles. The summed E-state index contributed by atoms with van der Waals surface area (Å²) in [6.45, 7) is 0. The van der Waals surface area contributed by atoms with Crippen LogP contribution >= 0.6 is 0 Å². The summed E-state index contributed by atoms with van der Waals surface area (Å²) >= 11 is 0. The van der Waals surface area contributed by atoms with Crippen LogP contribution in [0.1, 0.15) is 19.3 Å². The second kappa shape index (κ2) is 4.64. The van der Waals surface area contributed by atoms with Crippen molar-refractivity contribution in [2.24, 2.45) is 5.92 Å². The number of rotatable bonds is 3. The van der Waals surface area contributed by atoms with Gasteiger partial charge in [-0.2, -0.15) is 0 Å². The topological polar surface area (TPSA) is 83.7 Å². The third kappa shape index (κ3) is 1.93. The van der Waals surface area contributed by atoms with Gasteiger partial charge in [0.2, 0.25) is 0 Å². The fraction of sp³-hybridized carbons (Fsp3) is 0.462. The summed E-state index contributed by atoms with van der Waals surface area (Å²) in [5, 5.41) is 20.2. The Hall–Kier alpha value is -2.25. The monoisotopic (exact) mass is 298 g/mol. The van der Waals surface area contributed by atoms with Crippen LogP contribution in [0.2, 0.25) is 0 Å². The maximum Gasteiger partial charge on any atom is 0.308 e. The van der Waals surface area contributed by atoms with Crippen molar-refractivity contribution in [3.8, 4) is 0 Å². The van der Waals surface area contributed by atoms with E-state index < -0.39 is 45.9 Å². The first-order chi connectivity index (χ1) is 9.91. The van der Waals surface area contributed by atoms with Crippen LogP contribution < -0.4 is 4.90 Å². The normalized spacial score (nSPS) is 27.1. The highest BCUT2D eigenvalue weighted by Crippen LogP contribution is 2.48. The molecule has 3 rings (SSSR count). The lowest BCUT2D eigenvalue weighted by atomic mass is 9.89. The van der Waals surface area contributed by atoms with Crippen molar-refractivity contribution >= 4 is 17.3 Å². The maximum absolute atomic E-state index is 14.1. The lowest BCUT2D eigenvalue weighted by molar-refractivity contribution is -0.384. The fourth-order valence-corrected chi connectivity index (χ4v) is 3.53. The minimum atomic E-state index is -1.29. The first-order valence-corrected chi connectivity index (χ1v) is 6.55. The molecule has 112 valence electrons. The number of hydrogen-bond donors (Lipinski definition) is 1. The molecular formula is C13H12F2N2O4. The van der Waals surface area contributed by atoms with Crippen LogP contribution in [0.25, 0.3) is 0 Å². The average Bonchev–Trinajstić information content (AvgIpc) is 2.98. The van der Waals surface area contributed by atoms with E-state index in [0.29, 0.717) is 25.3 Å². The zero-order valence-corrected chi connectivity index (χ0v) is 10.8. The zero-order valence-electron chi connectivity index (χ0n) is 10.8. The summed E-state index contributed by atoms with van der Waals surface area (Å²) < 4.78 is 27.6. The number of nitro benzene ring substituents is 1. The summed E-state index contributed by atoms with van der Waals surface area (Å²) in [6, 6.07) is 0.804.